The standard InChI is InChI=1S/C44H27NOS/c1-2-8-28(9-3-1)29-14-19-32(20-15-29)45(33-21-16-31-17-23-37-36-12-6-7-13-42(36)47-44(37)38(31)26-33)34-22-25-40-39(27-34)43-35-11-5-4-10-30(35)18-24-41(43)46-40/h1-27H. The van der Waals surface area contributed by atoms with Crippen molar-refractivity contribution in [3.8, 4) is 11.1 Å². The summed E-state index contributed by atoms with van der Waals surface area (Å²) < 4.78 is 9.03. The summed E-state index contributed by atoms with van der Waals surface area (Å²) >= 11 is 1.88. The number of furan rings is 1. The van der Waals surface area contributed by atoms with Crippen molar-refractivity contribution in [2.24, 2.45) is 0 Å². The Balaban J connectivity index is 1.21. The van der Waals surface area contributed by atoms with Crippen LogP contribution >= 0.6 is 11.3 Å². The Morgan fingerprint density at radius 1 is 0.404 bits per heavy atom. The number of benzene rings is 8. The SMILES string of the molecule is c1ccc(-c2ccc(N(c3ccc4ccc5c6ccccc6sc5c4c3)c3ccc4oc5ccc6ccccc6c5c4c3)cc2)cc1. The lowest BCUT2D eigenvalue weighted by Crippen LogP contribution is -2.09. The molecule has 0 spiro atoms. The molecule has 8 aromatic carbocycles. The van der Waals surface area contributed by atoms with Crippen LogP contribution in [-0.2, 0) is 0 Å². The molecule has 0 radical (unpaired) electrons. The third kappa shape index (κ3) is 4.17. The zero-order chi connectivity index (χ0) is 30.9. The van der Waals surface area contributed by atoms with E-state index < -0.39 is 0 Å². The summed E-state index contributed by atoms with van der Waals surface area (Å²) in [6.07, 6.45) is 0. The maximum atomic E-state index is 6.39. The fourth-order valence-electron chi connectivity index (χ4n) is 7.18. The topological polar surface area (TPSA) is 16.4 Å². The maximum absolute atomic E-state index is 6.39. The van der Waals surface area contributed by atoms with E-state index in [0.29, 0.717) is 0 Å². The second kappa shape index (κ2) is 10.3. The van der Waals surface area contributed by atoms with Gasteiger partial charge in [0.15, 0.2) is 0 Å². The highest BCUT2D eigenvalue weighted by Crippen LogP contribution is 2.44. The average Bonchev–Trinajstić information content (AvgIpc) is 3.71. The number of hydrogen-bond donors (Lipinski definition) is 0. The van der Waals surface area contributed by atoms with Gasteiger partial charge in [-0.15, -0.1) is 11.3 Å². The van der Waals surface area contributed by atoms with Gasteiger partial charge in [0.2, 0.25) is 0 Å². The molecule has 10 rings (SSSR count). The molecule has 0 unspecified atom stereocenters. The highest BCUT2D eigenvalue weighted by atomic mass is 32.1. The average molecular weight is 618 g/mol. The summed E-state index contributed by atoms with van der Waals surface area (Å²) in [6.45, 7) is 0. The number of thiophene rings is 1. The minimum absolute atomic E-state index is 0.893. The summed E-state index contributed by atoms with van der Waals surface area (Å²) in [5.41, 5.74) is 7.52. The van der Waals surface area contributed by atoms with E-state index in [1.807, 2.05) is 11.3 Å². The molecule has 3 heteroatoms. The summed E-state index contributed by atoms with van der Waals surface area (Å²) in [6, 6.07) is 59.0. The predicted octanol–water partition coefficient (Wildman–Crippen LogP) is 13.4. The normalized spacial score (nSPS) is 11.8. The van der Waals surface area contributed by atoms with Gasteiger partial charge in [0.25, 0.3) is 0 Å². The van der Waals surface area contributed by atoms with Crippen LogP contribution in [-0.4, -0.2) is 0 Å². The van der Waals surface area contributed by atoms with Gasteiger partial charge in [0.05, 0.1) is 0 Å². The molecule has 220 valence electrons. The number of nitrogens with zero attached hydrogens (tertiary/aromatic N) is 1. The molecule has 0 saturated carbocycles. The predicted molar refractivity (Wildman–Crippen MR) is 202 cm³/mol. The quantitative estimate of drug-likeness (QED) is 0.195. The highest BCUT2D eigenvalue weighted by molar-refractivity contribution is 7.26. The Labute approximate surface area is 275 Å². The molecule has 0 amide bonds. The fourth-order valence-corrected chi connectivity index (χ4v) is 8.41. The fraction of sp³-hybridized carbons (Fsp3) is 0. The zero-order valence-corrected chi connectivity index (χ0v) is 26.2. The highest BCUT2D eigenvalue weighted by Gasteiger charge is 2.18. The molecule has 0 bridgehead atoms. The van der Waals surface area contributed by atoms with Crippen molar-refractivity contribution in [3.63, 3.8) is 0 Å². The lowest BCUT2D eigenvalue weighted by molar-refractivity contribution is 0.669. The molecule has 2 aromatic heterocycles. The van der Waals surface area contributed by atoms with Crippen LogP contribution in [0, 0.1) is 0 Å². The van der Waals surface area contributed by atoms with E-state index in [1.54, 1.807) is 0 Å². The Kier molecular flexibility index (Phi) is 5.78. The summed E-state index contributed by atoms with van der Waals surface area (Å²) in [5, 5.41) is 9.84. The Hall–Kier alpha value is -5.90. The van der Waals surface area contributed by atoms with Crippen LogP contribution in [0.5, 0.6) is 0 Å². The van der Waals surface area contributed by atoms with Gasteiger partial charge in [-0.2, -0.15) is 0 Å². The van der Waals surface area contributed by atoms with Crippen LogP contribution in [0.3, 0.4) is 0 Å². The van der Waals surface area contributed by atoms with E-state index in [2.05, 4.69) is 169 Å². The summed E-state index contributed by atoms with van der Waals surface area (Å²) in [5.74, 6) is 0. The van der Waals surface area contributed by atoms with Crippen molar-refractivity contribution in [1.29, 1.82) is 0 Å². The molecular formula is C44H27NOS. The smallest absolute Gasteiger partial charge is 0.136 e. The van der Waals surface area contributed by atoms with E-state index in [9.17, 15) is 0 Å². The van der Waals surface area contributed by atoms with Gasteiger partial charge in [-0.1, -0.05) is 109 Å². The van der Waals surface area contributed by atoms with Crippen LogP contribution in [0.1, 0.15) is 0 Å². The lowest BCUT2D eigenvalue weighted by Gasteiger charge is -2.26. The first-order valence-corrected chi connectivity index (χ1v) is 16.7. The maximum Gasteiger partial charge on any atom is 0.136 e. The van der Waals surface area contributed by atoms with Gasteiger partial charge in [-0.05, 0) is 81.9 Å². The lowest BCUT2D eigenvalue weighted by atomic mass is 10.0. The summed E-state index contributed by atoms with van der Waals surface area (Å²) in [4.78, 5) is 2.38. The zero-order valence-electron chi connectivity index (χ0n) is 25.4. The van der Waals surface area contributed by atoms with E-state index in [0.717, 1.165) is 39.0 Å². The third-order valence-electron chi connectivity index (χ3n) is 9.44. The van der Waals surface area contributed by atoms with Crippen molar-refractivity contribution in [3.05, 3.63) is 164 Å². The monoisotopic (exact) mass is 617 g/mol. The minimum atomic E-state index is 0.893. The number of rotatable bonds is 4. The molecule has 0 saturated heterocycles. The van der Waals surface area contributed by atoms with Crippen molar-refractivity contribution < 1.29 is 4.42 Å². The molecule has 0 N–H and O–H groups in total. The molecule has 2 nitrogen and oxygen atoms in total. The molecule has 0 aliphatic carbocycles. The van der Waals surface area contributed by atoms with Gasteiger partial charge in [-0.3, -0.25) is 0 Å². The molecule has 0 atom stereocenters. The van der Waals surface area contributed by atoms with E-state index in [1.165, 1.54) is 52.8 Å². The van der Waals surface area contributed by atoms with Gasteiger partial charge in [0, 0.05) is 53.4 Å². The molecule has 47 heavy (non-hydrogen) atoms. The van der Waals surface area contributed by atoms with Crippen LogP contribution in [0.15, 0.2) is 168 Å². The molecule has 0 aliphatic rings. The molecule has 2 heterocycles. The number of anilines is 3. The second-order valence-electron chi connectivity index (χ2n) is 12.1. The van der Waals surface area contributed by atoms with E-state index >= 15 is 0 Å². The van der Waals surface area contributed by atoms with Crippen LogP contribution in [0.25, 0.3) is 74.8 Å². The number of hydrogen-bond acceptors (Lipinski definition) is 3. The van der Waals surface area contributed by atoms with Gasteiger partial charge < -0.3 is 9.32 Å². The molecule has 10 aromatic rings. The first-order valence-electron chi connectivity index (χ1n) is 15.9. The van der Waals surface area contributed by atoms with E-state index in [-0.39, 0.29) is 0 Å². The van der Waals surface area contributed by atoms with Crippen molar-refractivity contribution >= 4 is 92.1 Å². The van der Waals surface area contributed by atoms with Crippen molar-refractivity contribution in [1.82, 2.24) is 0 Å². The summed E-state index contributed by atoms with van der Waals surface area (Å²) in [7, 11) is 0. The van der Waals surface area contributed by atoms with Crippen molar-refractivity contribution in [2.75, 3.05) is 4.90 Å². The molecular weight excluding hydrogens is 591 g/mol. The minimum Gasteiger partial charge on any atom is -0.456 e. The molecule has 0 fully saturated rings. The molecule has 0 aliphatic heterocycles. The third-order valence-corrected chi connectivity index (χ3v) is 10.7. The first kappa shape index (κ1) is 26.3. The largest absolute Gasteiger partial charge is 0.456 e. The van der Waals surface area contributed by atoms with Crippen LogP contribution in [0.2, 0.25) is 0 Å². The number of fused-ring (bicyclic) bond motifs is 10. The van der Waals surface area contributed by atoms with Crippen LogP contribution in [0.4, 0.5) is 17.1 Å². The van der Waals surface area contributed by atoms with Crippen LogP contribution < -0.4 is 4.90 Å². The second-order valence-corrected chi connectivity index (χ2v) is 13.2. The van der Waals surface area contributed by atoms with E-state index in [4.69, 9.17) is 4.42 Å². The van der Waals surface area contributed by atoms with Gasteiger partial charge in [0.1, 0.15) is 11.2 Å². The van der Waals surface area contributed by atoms with Gasteiger partial charge >= 0.3 is 0 Å². The van der Waals surface area contributed by atoms with Crippen molar-refractivity contribution in [2.45, 2.75) is 0 Å². The Morgan fingerprint density at radius 3 is 1.89 bits per heavy atom. The first-order chi connectivity index (χ1) is 23.3. The van der Waals surface area contributed by atoms with Gasteiger partial charge in [-0.25, -0.2) is 0 Å². The Morgan fingerprint density at radius 2 is 1.02 bits per heavy atom. The Bertz CT molecular complexity index is 2790.